The van der Waals surface area contributed by atoms with Gasteiger partial charge in [0.1, 0.15) is 0 Å². The maximum Gasteiger partial charge on any atom is 0.261 e. The highest BCUT2D eigenvalue weighted by Gasteiger charge is 2.22. The summed E-state index contributed by atoms with van der Waals surface area (Å²) in [5.41, 5.74) is 0. The lowest BCUT2D eigenvalue weighted by molar-refractivity contribution is -0.120. The number of hydrogen-bond donors (Lipinski definition) is 3. The van der Waals surface area contributed by atoms with Gasteiger partial charge in [-0.2, -0.15) is 0 Å². The molecule has 1 aliphatic rings. The van der Waals surface area contributed by atoms with Crippen molar-refractivity contribution in [2.75, 3.05) is 13.1 Å². The molecule has 1 heterocycles. The van der Waals surface area contributed by atoms with Crippen LogP contribution in [0.1, 0.15) is 33.8 Å². The third-order valence-corrected chi connectivity index (χ3v) is 4.47. The summed E-state index contributed by atoms with van der Waals surface area (Å²) in [5.74, 6) is -0.0489. The van der Waals surface area contributed by atoms with E-state index < -0.39 is 0 Å². The molecule has 2 amide bonds. The molecule has 6 heteroatoms. The van der Waals surface area contributed by atoms with Crippen LogP contribution in [0.3, 0.4) is 0 Å². The summed E-state index contributed by atoms with van der Waals surface area (Å²) in [7, 11) is 0. The maximum absolute atomic E-state index is 11.8. The van der Waals surface area contributed by atoms with E-state index in [1.807, 2.05) is 13.0 Å². The number of hydrogen-bond acceptors (Lipinski definition) is 4. The molecule has 1 aliphatic carbocycles. The van der Waals surface area contributed by atoms with E-state index in [1.54, 1.807) is 6.07 Å². The first-order chi connectivity index (χ1) is 9.54. The molecule has 2 unspecified atom stereocenters. The zero-order valence-electron chi connectivity index (χ0n) is 11.5. The molecule has 20 heavy (non-hydrogen) atoms. The Morgan fingerprint density at radius 1 is 1.35 bits per heavy atom. The first-order valence-corrected chi connectivity index (χ1v) is 7.65. The van der Waals surface area contributed by atoms with E-state index in [2.05, 4.69) is 10.6 Å². The lowest BCUT2D eigenvalue weighted by Gasteiger charge is -2.11. The van der Waals surface area contributed by atoms with Crippen LogP contribution in [-0.2, 0) is 4.79 Å². The number of aliphatic hydroxyl groups excluding tert-OH is 1. The van der Waals surface area contributed by atoms with Crippen molar-refractivity contribution in [1.29, 1.82) is 0 Å². The molecule has 0 aromatic carbocycles. The van der Waals surface area contributed by atoms with Gasteiger partial charge in [0.25, 0.3) is 5.91 Å². The number of amides is 2. The highest BCUT2D eigenvalue weighted by molar-refractivity contribution is 7.13. The molecule has 1 aromatic rings. The normalized spacial score (nSPS) is 21.7. The van der Waals surface area contributed by atoms with Crippen LogP contribution in [0.15, 0.2) is 12.1 Å². The zero-order valence-corrected chi connectivity index (χ0v) is 12.3. The Morgan fingerprint density at radius 3 is 2.75 bits per heavy atom. The standard InChI is InChI=1S/C14H20N2O3S/c1-9-2-5-12(20-9)14(19)16-8-13(18)15-7-10-3-4-11(17)6-10/h2,5,10-11,17H,3-4,6-8H2,1H3,(H,15,18)(H,16,19). The monoisotopic (exact) mass is 296 g/mol. The fourth-order valence-electron chi connectivity index (χ4n) is 2.36. The second kappa shape index (κ2) is 6.85. The molecule has 1 aromatic heterocycles. The van der Waals surface area contributed by atoms with Gasteiger partial charge in [0.15, 0.2) is 0 Å². The first-order valence-electron chi connectivity index (χ1n) is 6.84. The molecule has 2 atom stereocenters. The Bertz CT molecular complexity index is 487. The van der Waals surface area contributed by atoms with Crippen molar-refractivity contribution >= 4 is 23.2 Å². The smallest absolute Gasteiger partial charge is 0.261 e. The molecule has 0 radical (unpaired) electrons. The predicted molar refractivity (Wildman–Crippen MR) is 77.7 cm³/mol. The molecule has 2 rings (SSSR count). The minimum Gasteiger partial charge on any atom is -0.393 e. The van der Waals surface area contributed by atoms with Gasteiger partial charge in [0, 0.05) is 11.4 Å². The molecule has 0 bridgehead atoms. The fraction of sp³-hybridized carbons (Fsp3) is 0.571. The molecule has 110 valence electrons. The van der Waals surface area contributed by atoms with Gasteiger partial charge in [-0.3, -0.25) is 9.59 Å². The highest BCUT2D eigenvalue weighted by Crippen LogP contribution is 2.24. The number of nitrogens with one attached hydrogen (secondary N) is 2. The van der Waals surface area contributed by atoms with E-state index in [9.17, 15) is 14.7 Å². The first kappa shape index (κ1) is 15.0. The van der Waals surface area contributed by atoms with Gasteiger partial charge in [-0.1, -0.05) is 0 Å². The second-order valence-electron chi connectivity index (χ2n) is 5.23. The van der Waals surface area contributed by atoms with Crippen molar-refractivity contribution in [3.05, 3.63) is 21.9 Å². The molecular formula is C14H20N2O3S. The van der Waals surface area contributed by atoms with Crippen LogP contribution in [0.4, 0.5) is 0 Å². The lowest BCUT2D eigenvalue weighted by Crippen LogP contribution is -2.38. The van der Waals surface area contributed by atoms with Crippen molar-refractivity contribution in [2.24, 2.45) is 5.92 Å². The van der Waals surface area contributed by atoms with Gasteiger partial charge >= 0.3 is 0 Å². The van der Waals surface area contributed by atoms with Crippen LogP contribution in [-0.4, -0.2) is 36.1 Å². The number of aliphatic hydroxyl groups is 1. The van der Waals surface area contributed by atoms with E-state index in [1.165, 1.54) is 11.3 Å². The number of aryl methyl sites for hydroxylation is 1. The van der Waals surface area contributed by atoms with Gasteiger partial charge in [-0.25, -0.2) is 0 Å². The third kappa shape index (κ3) is 4.31. The molecule has 0 saturated heterocycles. The predicted octanol–water partition coefficient (Wildman–Crippen LogP) is 1.06. The number of carbonyl (C=O) groups is 2. The van der Waals surface area contributed by atoms with Crippen LogP contribution in [0.5, 0.6) is 0 Å². The van der Waals surface area contributed by atoms with Gasteiger partial charge in [0.05, 0.1) is 17.5 Å². The highest BCUT2D eigenvalue weighted by atomic mass is 32.1. The van der Waals surface area contributed by atoms with Crippen LogP contribution < -0.4 is 10.6 Å². The van der Waals surface area contributed by atoms with E-state index in [0.717, 1.165) is 24.1 Å². The summed E-state index contributed by atoms with van der Waals surface area (Å²) in [4.78, 5) is 25.1. The van der Waals surface area contributed by atoms with E-state index >= 15 is 0 Å². The molecule has 1 saturated carbocycles. The van der Waals surface area contributed by atoms with E-state index in [0.29, 0.717) is 17.3 Å². The van der Waals surface area contributed by atoms with Crippen molar-refractivity contribution in [3.8, 4) is 0 Å². The average Bonchev–Trinajstić information content (AvgIpc) is 3.02. The Balaban J connectivity index is 1.66. The summed E-state index contributed by atoms with van der Waals surface area (Å²) < 4.78 is 0. The Labute approximate surface area is 122 Å². The van der Waals surface area contributed by atoms with Gasteiger partial charge in [-0.15, -0.1) is 11.3 Å². The third-order valence-electron chi connectivity index (χ3n) is 3.48. The van der Waals surface area contributed by atoms with E-state index in [-0.39, 0.29) is 24.5 Å². The topological polar surface area (TPSA) is 78.4 Å². The van der Waals surface area contributed by atoms with Crippen molar-refractivity contribution in [3.63, 3.8) is 0 Å². The number of carbonyl (C=O) groups excluding carboxylic acids is 2. The zero-order chi connectivity index (χ0) is 14.5. The Morgan fingerprint density at radius 2 is 2.15 bits per heavy atom. The summed E-state index contributed by atoms with van der Waals surface area (Å²) >= 11 is 1.41. The molecule has 5 nitrogen and oxygen atoms in total. The SMILES string of the molecule is Cc1ccc(C(=O)NCC(=O)NCC2CCC(O)C2)s1. The largest absolute Gasteiger partial charge is 0.393 e. The van der Waals surface area contributed by atoms with Crippen LogP contribution >= 0.6 is 11.3 Å². The summed E-state index contributed by atoms with van der Waals surface area (Å²) in [5, 5.41) is 14.8. The summed E-state index contributed by atoms with van der Waals surface area (Å²) in [6.45, 7) is 2.50. The van der Waals surface area contributed by atoms with Crippen LogP contribution in [0.2, 0.25) is 0 Å². The van der Waals surface area contributed by atoms with Gasteiger partial charge in [0.2, 0.25) is 5.91 Å². The molecule has 0 aliphatic heterocycles. The quantitative estimate of drug-likeness (QED) is 0.760. The van der Waals surface area contributed by atoms with Crippen molar-refractivity contribution in [1.82, 2.24) is 10.6 Å². The van der Waals surface area contributed by atoms with E-state index in [4.69, 9.17) is 0 Å². The molecular weight excluding hydrogens is 276 g/mol. The lowest BCUT2D eigenvalue weighted by atomic mass is 10.1. The molecule has 3 N–H and O–H groups in total. The Kier molecular flexibility index (Phi) is 5.14. The van der Waals surface area contributed by atoms with Crippen LogP contribution in [0, 0.1) is 12.8 Å². The fourth-order valence-corrected chi connectivity index (χ4v) is 3.14. The van der Waals surface area contributed by atoms with Crippen LogP contribution in [0.25, 0.3) is 0 Å². The molecule has 0 spiro atoms. The van der Waals surface area contributed by atoms with Crippen molar-refractivity contribution in [2.45, 2.75) is 32.3 Å². The Hall–Kier alpha value is -1.40. The van der Waals surface area contributed by atoms with Gasteiger partial charge < -0.3 is 15.7 Å². The second-order valence-corrected chi connectivity index (χ2v) is 6.52. The minimum absolute atomic E-state index is 0.00887. The van der Waals surface area contributed by atoms with Gasteiger partial charge in [-0.05, 0) is 44.2 Å². The molecule has 1 fully saturated rings. The van der Waals surface area contributed by atoms with Crippen molar-refractivity contribution < 1.29 is 14.7 Å². The number of thiophene rings is 1. The summed E-state index contributed by atoms with van der Waals surface area (Å²) in [6.07, 6.45) is 2.29. The average molecular weight is 296 g/mol. The summed E-state index contributed by atoms with van der Waals surface area (Å²) in [6, 6.07) is 3.64. The maximum atomic E-state index is 11.8. The number of rotatable bonds is 5. The minimum atomic E-state index is -0.223.